The zero-order valence-corrected chi connectivity index (χ0v) is 15.6. The second-order valence-corrected chi connectivity index (χ2v) is 7.20. The summed E-state index contributed by atoms with van der Waals surface area (Å²) in [7, 11) is 1.57. The van der Waals surface area contributed by atoms with E-state index in [2.05, 4.69) is 26.2 Å². The third kappa shape index (κ3) is 3.30. The van der Waals surface area contributed by atoms with Gasteiger partial charge in [-0.05, 0) is 46.3 Å². The summed E-state index contributed by atoms with van der Waals surface area (Å²) >= 11 is 16.8. The maximum atomic E-state index is 12.3. The van der Waals surface area contributed by atoms with Crippen molar-refractivity contribution in [2.24, 2.45) is 0 Å². The lowest BCUT2D eigenvalue weighted by Gasteiger charge is -2.05. The molecule has 0 saturated heterocycles. The highest BCUT2D eigenvalue weighted by atomic mass is 79.9. The number of nitrogens with one attached hydrogen (secondary N) is 1. The monoisotopic (exact) mass is 430 g/mol. The zero-order valence-electron chi connectivity index (χ0n) is 11.7. The van der Waals surface area contributed by atoms with E-state index in [1.54, 1.807) is 31.4 Å². The molecule has 1 heterocycles. The molecule has 0 saturated carbocycles. The second kappa shape index (κ2) is 6.65. The van der Waals surface area contributed by atoms with E-state index in [1.807, 2.05) is 6.07 Å². The number of hydrogen-bond acceptors (Lipinski definition) is 4. The molecule has 0 aliphatic carbocycles. The molecular weight excluding hydrogens is 423 g/mol. The highest BCUT2D eigenvalue weighted by molar-refractivity contribution is 9.10. The third-order valence-corrected chi connectivity index (χ3v) is 5.44. The van der Waals surface area contributed by atoms with Crippen LogP contribution in [0.15, 0.2) is 34.8 Å². The standard InChI is InChI=1S/C15H9BrCl2N2O2S/c1-22-10-4-2-7(6-8(10)16)14(21)20-15-19-13-11(23-15)5-3-9(17)12(13)18/h2-6H,1H3,(H,19,20,21). The molecule has 1 N–H and O–H groups in total. The third-order valence-electron chi connectivity index (χ3n) is 3.09. The molecule has 1 amide bonds. The fourth-order valence-corrected chi connectivity index (χ4v) is 3.79. The van der Waals surface area contributed by atoms with Gasteiger partial charge in [-0.1, -0.05) is 34.5 Å². The first-order valence-electron chi connectivity index (χ1n) is 6.39. The van der Waals surface area contributed by atoms with Crippen LogP contribution in [-0.2, 0) is 0 Å². The van der Waals surface area contributed by atoms with Gasteiger partial charge in [-0.25, -0.2) is 4.98 Å². The summed E-state index contributed by atoms with van der Waals surface area (Å²) in [5, 5.41) is 4.04. The zero-order chi connectivity index (χ0) is 16.6. The number of fused-ring (bicyclic) bond motifs is 1. The van der Waals surface area contributed by atoms with E-state index < -0.39 is 0 Å². The van der Waals surface area contributed by atoms with Crippen molar-refractivity contribution in [2.75, 3.05) is 12.4 Å². The van der Waals surface area contributed by atoms with Crippen LogP contribution in [0.4, 0.5) is 5.13 Å². The van der Waals surface area contributed by atoms with Gasteiger partial charge in [0.1, 0.15) is 11.3 Å². The molecule has 0 atom stereocenters. The van der Waals surface area contributed by atoms with E-state index in [9.17, 15) is 4.79 Å². The Morgan fingerprint density at radius 2 is 2.09 bits per heavy atom. The van der Waals surface area contributed by atoms with Crippen molar-refractivity contribution in [3.05, 3.63) is 50.4 Å². The number of amides is 1. The second-order valence-electron chi connectivity index (χ2n) is 4.53. The molecule has 118 valence electrons. The van der Waals surface area contributed by atoms with Crippen LogP contribution in [0.1, 0.15) is 10.4 Å². The number of nitrogens with zero attached hydrogens (tertiary/aromatic N) is 1. The van der Waals surface area contributed by atoms with Crippen molar-refractivity contribution < 1.29 is 9.53 Å². The number of rotatable bonds is 3. The van der Waals surface area contributed by atoms with Gasteiger partial charge in [0.15, 0.2) is 5.13 Å². The minimum Gasteiger partial charge on any atom is -0.496 e. The molecule has 2 aromatic carbocycles. The number of carbonyl (C=O) groups excluding carboxylic acids is 1. The molecule has 3 aromatic rings. The number of benzene rings is 2. The van der Waals surface area contributed by atoms with Gasteiger partial charge >= 0.3 is 0 Å². The van der Waals surface area contributed by atoms with Gasteiger partial charge in [0.25, 0.3) is 5.91 Å². The minimum absolute atomic E-state index is 0.269. The minimum atomic E-state index is -0.269. The first-order valence-corrected chi connectivity index (χ1v) is 8.75. The highest BCUT2D eigenvalue weighted by Gasteiger charge is 2.14. The van der Waals surface area contributed by atoms with E-state index in [1.165, 1.54) is 11.3 Å². The van der Waals surface area contributed by atoms with E-state index in [-0.39, 0.29) is 5.91 Å². The molecular formula is C15H9BrCl2N2O2S. The molecule has 0 fully saturated rings. The summed E-state index contributed by atoms with van der Waals surface area (Å²) in [6.07, 6.45) is 0. The normalized spacial score (nSPS) is 10.8. The van der Waals surface area contributed by atoms with Crippen LogP contribution in [0, 0.1) is 0 Å². The van der Waals surface area contributed by atoms with Crippen molar-refractivity contribution in [2.45, 2.75) is 0 Å². The maximum absolute atomic E-state index is 12.3. The summed E-state index contributed by atoms with van der Waals surface area (Å²) in [6.45, 7) is 0. The largest absolute Gasteiger partial charge is 0.496 e. The van der Waals surface area contributed by atoms with Crippen LogP contribution < -0.4 is 10.1 Å². The molecule has 0 unspecified atom stereocenters. The van der Waals surface area contributed by atoms with Crippen LogP contribution in [0.25, 0.3) is 10.2 Å². The lowest BCUT2D eigenvalue weighted by Crippen LogP contribution is -2.11. The first kappa shape index (κ1) is 16.5. The topological polar surface area (TPSA) is 51.2 Å². The molecule has 0 bridgehead atoms. The summed E-state index contributed by atoms with van der Waals surface area (Å²) in [5.74, 6) is 0.387. The van der Waals surface area contributed by atoms with Crippen LogP contribution in [0.5, 0.6) is 5.75 Å². The summed E-state index contributed by atoms with van der Waals surface area (Å²) in [4.78, 5) is 16.7. The predicted molar refractivity (Wildman–Crippen MR) is 98.3 cm³/mol. The Hall–Kier alpha value is -1.34. The van der Waals surface area contributed by atoms with Crippen molar-refractivity contribution in [1.82, 2.24) is 4.98 Å². The van der Waals surface area contributed by atoms with Crippen LogP contribution >= 0.6 is 50.5 Å². The fourth-order valence-electron chi connectivity index (χ4n) is 1.97. The van der Waals surface area contributed by atoms with Gasteiger partial charge in [-0.15, -0.1) is 0 Å². The number of hydrogen-bond donors (Lipinski definition) is 1. The quantitative estimate of drug-likeness (QED) is 0.584. The highest BCUT2D eigenvalue weighted by Crippen LogP contribution is 2.35. The smallest absolute Gasteiger partial charge is 0.257 e. The van der Waals surface area contributed by atoms with Gasteiger partial charge in [-0.3, -0.25) is 10.1 Å². The number of anilines is 1. The molecule has 0 radical (unpaired) electrons. The first-order chi connectivity index (χ1) is 11.0. The number of methoxy groups -OCH3 is 1. The van der Waals surface area contributed by atoms with Crippen LogP contribution in [0.3, 0.4) is 0 Å². The van der Waals surface area contributed by atoms with Gasteiger partial charge in [0.2, 0.25) is 0 Å². The molecule has 0 spiro atoms. The lowest BCUT2D eigenvalue weighted by molar-refractivity contribution is 0.102. The van der Waals surface area contributed by atoms with Crippen molar-refractivity contribution in [3.8, 4) is 5.75 Å². The van der Waals surface area contributed by atoms with Crippen molar-refractivity contribution >= 4 is 71.7 Å². The molecule has 1 aromatic heterocycles. The van der Waals surface area contributed by atoms with E-state index >= 15 is 0 Å². The number of halogens is 3. The van der Waals surface area contributed by atoms with E-state index in [0.717, 1.165) is 4.70 Å². The van der Waals surface area contributed by atoms with Gasteiger partial charge in [0.05, 0.1) is 26.3 Å². The number of carbonyl (C=O) groups is 1. The summed E-state index contributed by atoms with van der Waals surface area (Å²) in [5.41, 5.74) is 1.07. The number of aromatic nitrogens is 1. The molecule has 8 heteroatoms. The molecule has 0 aliphatic rings. The van der Waals surface area contributed by atoms with Crippen LogP contribution in [0.2, 0.25) is 10.0 Å². The van der Waals surface area contributed by atoms with E-state index in [0.29, 0.717) is 36.5 Å². The lowest BCUT2D eigenvalue weighted by atomic mass is 10.2. The molecule has 0 aliphatic heterocycles. The predicted octanol–water partition coefficient (Wildman–Crippen LogP) is 5.63. The maximum Gasteiger partial charge on any atom is 0.257 e. The van der Waals surface area contributed by atoms with Crippen molar-refractivity contribution in [3.63, 3.8) is 0 Å². The Bertz CT molecular complexity index is 914. The summed E-state index contributed by atoms with van der Waals surface area (Å²) < 4.78 is 6.70. The Balaban J connectivity index is 1.88. The Morgan fingerprint density at radius 1 is 1.30 bits per heavy atom. The van der Waals surface area contributed by atoms with E-state index in [4.69, 9.17) is 27.9 Å². The van der Waals surface area contributed by atoms with Gasteiger partial charge < -0.3 is 4.74 Å². The Kier molecular flexibility index (Phi) is 4.77. The van der Waals surface area contributed by atoms with Gasteiger partial charge in [-0.2, -0.15) is 0 Å². The number of thiazole rings is 1. The van der Waals surface area contributed by atoms with Crippen LogP contribution in [-0.4, -0.2) is 18.0 Å². The Morgan fingerprint density at radius 3 is 2.78 bits per heavy atom. The fraction of sp³-hybridized carbons (Fsp3) is 0.0667. The average Bonchev–Trinajstić information content (AvgIpc) is 2.94. The molecule has 23 heavy (non-hydrogen) atoms. The summed E-state index contributed by atoms with van der Waals surface area (Å²) in [6, 6.07) is 8.60. The number of ether oxygens (including phenoxy) is 1. The SMILES string of the molecule is COc1ccc(C(=O)Nc2nc3c(Cl)c(Cl)ccc3s2)cc1Br. The average molecular weight is 432 g/mol. The molecule has 3 rings (SSSR count). The van der Waals surface area contributed by atoms with Crippen molar-refractivity contribution in [1.29, 1.82) is 0 Å². The Labute approximate surface area is 154 Å². The molecule has 4 nitrogen and oxygen atoms in total. The van der Waals surface area contributed by atoms with Gasteiger partial charge in [0, 0.05) is 5.56 Å².